The Balaban J connectivity index is 2.06. The second kappa shape index (κ2) is 4.06. The molecule has 13 heavy (non-hydrogen) atoms. The van der Waals surface area contributed by atoms with Crippen molar-refractivity contribution in [2.75, 3.05) is 0 Å². The van der Waals surface area contributed by atoms with Crippen molar-refractivity contribution in [1.82, 2.24) is 0 Å². The molecular weight excluding hydrogens is 155 g/mol. The van der Waals surface area contributed by atoms with E-state index >= 15 is 0 Å². The first-order chi connectivity index (χ1) is 6.33. The largest absolute Gasteiger partial charge is 0.149 e. The highest BCUT2D eigenvalue weighted by Gasteiger charge is 2.41. The van der Waals surface area contributed by atoms with E-state index in [0.29, 0.717) is 0 Å². The fraction of sp³-hybridized carbons (Fsp3) is 1.00. The summed E-state index contributed by atoms with van der Waals surface area (Å²) in [5.41, 5.74) is 0. The SMILES string of the molecule is CCC(C)B1C2CCCC1CCC2. The van der Waals surface area contributed by atoms with Crippen molar-refractivity contribution in [3.8, 4) is 0 Å². The van der Waals surface area contributed by atoms with Crippen molar-refractivity contribution in [2.24, 2.45) is 0 Å². The smallest absolute Gasteiger partial charge is 0.0691 e. The molecule has 0 aromatic heterocycles. The van der Waals surface area contributed by atoms with E-state index in [1.807, 2.05) is 0 Å². The first-order valence-electron chi connectivity index (χ1n) is 6.33. The van der Waals surface area contributed by atoms with Crippen LogP contribution in [0.15, 0.2) is 0 Å². The van der Waals surface area contributed by atoms with Crippen LogP contribution in [0.5, 0.6) is 0 Å². The molecule has 0 aromatic carbocycles. The highest BCUT2D eigenvalue weighted by atomic mass is 14.3. The molecule has 2 saturated heterocycles. The Morgan fingerprint density at radius 2 is 1.54 bits per heavy atom. The third-order valence-electron chi connectivity index (χ3n) is 4.69. The van der Waals surface area contributed by atoms with E-state index in [-0.39, 0.29) is 0 Å². The second-order valence-electron chi connectivity index (χ2n) is 5.34. The molecule has 2 heterocycles. The van der Waals surface area contributed by atoms with Crippen molar-refractivity contribution >= 4 is 6.71 Å². The van der Waals surface area contributed by atoms with Crippen molar-refractivity contribution in [3.63, 3.8) is 0 Å². The van der Waals surface area contributed by atoms with Crippen LogP contribution in [0.4, 0.5) is 0 Å². The van der Waals surface area contributed by atoms with Crippen molar-refractivity contribution in [3.05, 3.63) is 0 Å². The van der Waals surface area contributed by atoms with Crippen molar-refractivity contribution in [2.45, 2.75) is 76.2 Å². The summed E-state index contributed by atoms with van der Waals surface area (Å²) in [5.74, 6) is 3.22. The molecule has 2 aliphatic rings. The molecule has 0 nitrogen and oxygen atoms in total. The lowest BCUT2D eigenvalue weighted by Crippen LogP contribution is -2.37. The fourth-order valence-corrected chi connectivity index (χ4v) is 3.93. The quantitative estimate of drug-likeness (QED) is 0.550. The maximum atomic E-state index is 2.49. The molecule has 0 aliphatic carbocycles. The standard InChI is InChI=1S/C12H23B/c1-3-10(2)13-11-6-4-7-12(13)9-5-8-11/h10-12H,3-9H2,1-2H3. The van der Waals surface area contributed by atoms with Crippen LogP contribution in [0.3, 0.4) is 0 Å². The van der Waals surface area contributed by atoms with E-state index < -0.39 is 0 Å². The van der Waals surface area contributed by atoms with Gasteiger partial charge in [-0.1, -0.05) is 76.2 Å². The Morgan fingerprint density at radius 3 is 1.92 bits per heavy atom. The van der Waals surface area contributed by atoms with Gasteiger partial charge in [-0.15, -0.1) is 0 Å². The molecule has 0 aromatic rings. The Bertz CT molecular complexity index is 145. The second-order valence-corrected chi connectivity index (χ2v) is 5.34. The zero-order chi connectivity index (χ0) is 9.26. The minimum atomic E-state index is 0.996. The van der Waals surface area contributed by atoms with Crippen LogP contribution < -0.4 is 0 Å². The van der Waals surface area contributed by atoms with Gasteiger partial charge in [0.05, 0.1) is 0 Å². The lowest BCUT2D eigenvalue weighted by Gasteiger charge is -2.43. The predicted octanol–water partition coefficient (Wildman–Crippen LogP) is 4.39. The number of rotatable bonds is 2. The molecule has 2 aliphatic heterocycles. The topological polar surface area (TPSA) is 0 Å². The van der Waals surface area contributed by atoms with Crippen LogP contribution in [0, 0.1) is 0 Å². The van der Waals surface area contributed by atoms with Gasteiger partial charge in [0.25, 0.3) is 0 Å². The van der Waals surface area contributed by atoms with E-state index in [2.05, 4.69) is 13.8 Å². The molecule has 0 N–H and O–H groups in total. The molecule has 0 amide bonds. The van der Waals surface area contributed by atoms with Crippen LogP contribution in [0.25, 0.3) is 0 Å². The molecule has 2 fully saturated rings. The summed E-state index contributed by atoms with van der Waals surface area (Å²) in [4.78, 5) is 0. The molecular formula is C12H23B. The van der Waals surface area contributed by atoms with Crippen LogP contribution >= 0.6 is 0 Å². The maximum absolute atomic E-state index is 2.49. The fourth-order valence-electron chi connectivity index (χ4n) is 3.93. The molecule has 0 saturated carbocycles. The van der Waals surface area contributed by atoms with Gasteiger partial charge in [-0.25, -0.2) is 0 Å². The van der Waals surface area contributed by atoms with Gasteiger partial charge in [-0.3, -0.25) is 0 Å². The molecule has 0 radical (unpaired) electrons. The molecule has 1 unspecified atom stereocenters. The van der Waals surface area contributed by atoms with E-state index in [1.54, 1.807) is 25.7 Å². The maximum Gasteiger partial charge on any atom is 0.149 e. The molecule has 2 rings (SSSR count). The molecule has 0 spiro atoms. The molecule has 1 heteroatoms. The van der Waals surface area contributed by atoms with Gasteiger partial charge in [0.1, 0.15) is 6.71 Å². The Labute approximate surface area is 83.6 Å². The average Bonchev–Trinajstić information content (AvgIpc) is 2.15. The monoisotopic (exact) mass is 178 g/mol. The lowest BCUT2D eigenvalue weighted by atomic mass is 9.22. The summed E-state index contributed by atoms with van der Waals surface area (Å²) < 4.78 is 0. The molecule has 2 bridgehead atoms. The summed E-state index contributed by atoms with van der Waals surface area (Å²) in [5, 5.41) is 0. The highest BCUT2D eigenvalue weighted by molar-refractivity contribution is 6.64. The van der Waals surface area contributed by atoms with Gasteiger partial charge >= 0.3 is 0 Å². The number of fused-ring (bicyclic) bond motifs is 2. The zero-order valence-corrected chi connectivity index (χ0v) is 9.26. The van der Waals surface area contributed by atoms with Gasteiger partial charge in [0, 0.05) is 0 Å². The molecule has 74 valence electrons. The minimum absolute atomic E-state index is 0.996. The number of hydrogen-bond acceptors (Lipinski definition) is 0. The number of hydrogen-bond donors (Lipinski definition) is 0. The first kappa shape index (κ1) is 9.61. The third kappa shape index (κ3) is 1.80. The van der Waals surface area contributed by atoms with Gasteiger partial charge in [0.15, 0.2) is 0 Å². The van der Waals surface area contributed by atoms with Crippen LogP contribution in [-0.2, 0) is 0 Å². The van der Waals surface area contributed by atoms with E-state index in [9.17, 15) is 0 Å². The van der Waals surface area contributed by atoms with E-state index in [1.165, 1.54) is 19.3 Å². The van der Waals surface area contributed by atoms with Gasteiger partial charge in [-0.05, 0) is 0 Å². The summed E-state index contributed by atoms with van der Waals surface area (Å²) in [6.07, 6.45) is 10.6. The average molecular weight is 178 g/mol. The predicted molar refractivity (Wildman–Crippen MR) is 60.7 cm³/mol. The minimum Gasteiger partial charge on any atom is -0.0691 e. The zero-order valence-electron chi connectivity index (χ0n) is 9.26. The van der Waals surface area contributed by atoms with Crippen molar-refractivity contribution < 1.29 is 0 Å². The van der Waals surface area contributed by atoms with Gasteiger partial charge < -0.3 is 0 Å². The first-order valence-corrected chi connectivity index (χ1v) is 6.33. The summed E-state index contributed by atoms with van der Waals surface area (Å²) in [7, 11) is 0. The highest BCUT2D eigenvalue weighted by Crippen LogP contribution is 2.50. The van der Waals surface area contributed by atoms with E-state index in [0.717, 1.165) is 24.2 Å². The van der Waals surface area contributed by atoms with Gasteiger partial charge in [-0.2, -0.15) is 0 Å². The van der Waals surface area contributed by atoms with Gasteiger partial charge in [0.2, 0.25) is 0 Å². The van der Waals surface area contributed by atoms with Crippen LogP contribution in [-0.4, -0.2) is 6.71 Å². The summed E-state index contributed by atoms with van der Waals surface area (Å²) in [6, 6.07) is 0. The summed E-state index contributed by atoms with van der Waals surface area (Å²) in [6.45, 7) is 5.96. The third-order valence-corrected chi connectivity index (χ3v) is 4.69. The summed E-state index contributed by atoms with van der Waals surface area (Å²) >= 11 is 0. The van der Waals surface area contributed by atoms with Crippen LogP contribution in [0.1, 0.15) is 58.8 Å². The van der Waals surface area contributed by atoms with Crippen molar-refractivity contribution in [1.29, 1.82) is 0 Å². The normalized spacial score (nSPS) is 36.0. The van der Waals surface area contributed by atoms with E-state index in [4.69, 9.17) is 0 Å². The Hall–Kier alpha value is 0.0649. The molecule has 1 atom stereocenters. The lowest BCUT2D eigenvalue weighted by molar-refractivity contribution is 0.434. The van der Waals surface area contributed by atoms with Crippen LogP contribution in [0.2, 0.25) is 17.5 Å². The Morgan fingerprint density at radius 1 is 1.08 bits per heavy atom. The Kier molecular flexibility index (Phi) is 3.01.